The molecule has 2 aliphatic heterocycles. The molecule has 2 saturated heterocycles. The van der Waals surface area contributed by atoms with E-state index in [0.717, 1.165) is 25.8 Å². The molecule has 0 radical (unpaired) electrons. The van der Waals surface area contributed by atoms with Gasteiger partial charge >= 0.3 is 0 Å². The van der Waals surface area contributed by atoms with Crippen molar-refractivity contribution in [1.29, 1.82) is 0 Å². The summed E-state index contributed by atoms with van der Waals surface area (Å²) in [6, 6.07) is 1.45. The Kier molecular flexibility index (Phi) is 2.11. The van der Waals surface area contributed by atoms with Crippen LogP contribution in [0.4, 0.5) is 0 Å². The molecule has 64 valence electrons. The van der Waals surface area contributed by atoms with Gasteiger partial charge in [-0.25, -0.2) is 0 Å². The van der Waals surface area contributed by atoms with E-state index in [9.17, 15) is 0 Å². The zero-order valence-corrected chi connectivity index (χ0v) is 7.05. The first kappa shape index (κ1) is 7.53. The highest BCUT2D eigenvalue weighted by atomic mass is 16.5. The van der Waals surface area contributed by atoms with E-state index in [1.165, 1.54) is 13.0 Å². The molecule has 0 aromatic rings. The highest BCUT2D eigenvalue weighted by Crippen LogP contribution is 2.15. The van der Waals surface area contributed by atoms with Crippen LogP contribution in [0.15, 0.2) is 0 Å². The van der Waals surface area contributed by atoms with E-state index in [-0.39, 0.29) is 0 Å². The van der Waals surface area contributed by atoms with Gasteiger partial charge in [0.25, 0.3) is 0 Å². The fraction of sp³-hybridized carbons (Fsp3) is 1.00. The van der Waals surface area contributed by atoms with Crippen LogP contribution in [0, 0.1) is 0 Å². The Morgan fingerprint density at radius 1 is 1.36 bits per heavy atom. The van der Waals surface area contributed by atoms with Gasteiger partial charge in [-0.2, -0.15) is 0 Å². The second-order valence-electron chi connectivity index (χ2n) is 3.50. The number of nitrogens with one attached hydrogen (secondary N) is 1. The Morgan fingerprint density at radius 3 is 2.64 bits per heavy atom. The summed E-state index contributed by atoms with van der Waals surface area (Å²) in [5, 5.41) is 3.37. The van der Waals surface area contributed by atoms with Gasteiger partial charge in [-0.3, -0.25) is 4.90 Å². The van der Waals surface area contributed by atoms with Crippen molar-refractivity contribution in [2.24, 2.45) is 0 Å². The van der Waals surface area contributed by atoms with Gasteiger partial charge in [0.05, 0.1) is 19.3 Å². The van der Waals surface area contributed by atoms with Crippen LogP contribution in [0.2, 0.25) is 0 Å². The van der Waals surface area contributed by atoms with E-state index in [4.69, 9.17) is 4.74 Å². The van der Waals surface area contributed by atoms with Crippen molar-refractivity contribution in [1.82, 2.24) is 10.2 Å². The van der Waals surface area contributed by atoms with Gasteiger partial charge in [0.2, 0.25) is 0 Å². The summed E-state index contributed by atoms with van der Waals surface area (Å²) < 4.78 is 5.15. The van der Waals surface area contributed by atoms with Crippen molar-refractivity contribution < 1.29 is 4.74 Å². The number of hydrogen-bond donors (Lipinski definition) is 1. The van der Waals surface area contributed by atoms with Crippen molar-refractivity contribution in [2.75, 3.05) is 33.4 Å². The lowest BCUT2D eigenvalue weighted by molar-refractivity contribution is -0.0669. The van der Waals surface area contributed by atoms with Crippen LogP contribution in [0.5, 0.6) is 0 Å². The van der Waals surface area contributed by atoms with Gasteiger partial charge in [-0.05, 0) is 20.0 Å². The molecule has 2 heterocycles. The van der Waals surface area contributed by atoms with E-state index in [0.29, 0.717) is 6.04 Å². The second-order valence-corrected chi connectivity index (χ2v) is 3.50. The third-order valence-electron chi connectivity index (χ3n) is 2.81. The Hall–Kier alpha value is -0.120. The first-order valence-corrected chi connectivity index (χ1v) is 4.38. The molecule has 0 bridgehead atoms. The molecule has 0 saturated carbocycles. The highest BCUT2D eigenvalue weighted by Gasteiger charge is 2.29. The van der Waals surface area contributed by atoms with E-state index in [2.05, 4.69) is 17.3 Å². The molecule has 0 unspecified atom stereocenters. The molecule has 1 atom stereocenters. The van der Waals surface area contributed by atoms with Crippen molar-refractivity contribution in [3.8, 4) is 0 Å². The van der Waals surface area contributed by atoms with Crippen LogP contribution >= 0.6 is 0 Å². The smallest absolute Gasteiger partial charge is 0.0645 e. The molecule has 0 spiro atoms. The molecular weight excluding hydrogens is 140 g/mol. The molecule has 11 heavy (non-hydrogen) atoms. The van der Waals surface area contributed by atoms with Gasteiger partial charge in [0, 0.05) is 12.6 Å². The predicted octanol–water partition coefficient (Wildman–Crippen LogP) is -0.321. The number of nitrogens with zero attached hydrogens (tertiary/aromatic N) is 1. The zero-order chi connectivity index (χ0) is 7.68. The lowest BCUT2D eigenvalue weighted by Gasteiger charge is -2.38. The summed E-state index contributed by atoms with van der Waals surface area (Å²) >= 11 is 0. The maximum Gasteiger partial charge on any atom is 0.0645 e. The maximum absolute atomic E-state index is 5.15. The molecular formula is C8H16N2O. The van der Waals surface area contributed by atoms with Gasteiger partial charge in [-0.15, -0.1) is 0 Å². The van der Waals surface area contributed by atoms with Crippen LogP contribution in [0.25, 0.3) is 0 Å². The lowest BCUT2D eigenvalue weighted by atomic mass is 10.1. The number of likely N-dealkylation sites (N-methyl/N-ethyl adjacent to an activating group) is 1. The topological polar surface area (TPSA) is 24.5 Å². The minimum absolute atomic E-state index is 0.694. The SMILES string of the molecule is CN(C1COC1)[C@H]1CCNC1. The number of rotatable bonds is 2. The number of hydrogen-bond acceptors (Lipinski definition) is 3. The number of ether oxygens (including phenoxy) is 1. The quantitative estimate of drug-likeness (QED) is 0.593. The summed E-state index contributed by atoms with van der Waals surface area (Å²) in [5.41, 5.74) is 0. The minimum atomic E-state index is 0.694. The molecule has 3 nitrogen and oxygen atoms in total. The van der Waals surface area contributed by atoms with E-state index >= 15 is 0 Å². The van der Waals surface area contributed by atoms with E-state index in [1.807, 2.05) is 0 Å². The first-order chi connectivity index (χ1) is 5.38. The summed E-state index contributed by atoms with van der Waals surface area (Å²) in [6.07, 6.45) is 1.30. The molecule has 1 N–H and O–H groups in total. The summed E-state index contributed by atoms with van der Waals surface area (Å²) in [6.45, 7) is 4.22. The molecule has 2 fully saturated rings. The third-order valence-corrected chi connectivity index (χ3v) is 2.81. The Bertz CT molecular complexity index is 130. The minimum Gasteiger partial charge on any atom is -0.378 e. The van der Waals surface area contributed by atoms with Crippen molar-refractivity contribution in [2.45, 2.75) is 18.5 Å². The zero-order valence-electron chi connectivity index (χ0n) is 7.05. The molecule has 0 aromatic carbocycles. The Balaban J connectivity index is 1.82. The fourth-order valence-corrected chi connectivity index (χ4v) is 1.74. The average molecular weight is 156 g/mol. The Morgan fingerprint density at radius 2 is 2.18 bits per heavy atom. The van der Waals surface area contributed by atoms with Crippen molar-refractivity contribution in [3.63, 3.8) is 0 Å². The van der Waals surface area contributed by atoms with Crippen LogP contribution in [0.3, 0.4) is 0 Å². The molecule has 2 rings (SSSR count). The summed E-state index contributed by atoms with van der Waals surface area (Å²) in [7, 11) is 2.21. The fourth-order valence-electron chi connectivity index (χ4n) is 1.74. The molecule has 2 aliphatic rings. The summed E-state index contributed by atoms with van der Waals surface area (Å²) in [4.78, 5) is 2.46. The predicted molar refractivity (Wildman–Crippen MR) is 43.6 cm³/mol. The van der Waals surface area contributed by atoms with Gasteiger partial charge in [0.1, 0.15) is 0 Å². The van der Waals surface area contributed by atoms with Crippen LogP contribution in [-0.4, -0.2) is 50.3 Å². The van der Waals surface area contributed by atoms with E-state index < -0.39 is 0 Å². The van der Waals surface area contributed by atoms with Gasteiger partial charge in [-0.1, -0.05) is 0 Å². The third kappa shape index (κ3) is 1.41. The highest BCUT2D eigenvalue weighted by molar-refractivity contribution is 4.85. The maximum atomic E-state index is 5.15. The van der Waals surface area contributed by atoms with Gasteiger partial charge < -0.3 is 10.1 Å². The standard InChI is InChI=1S/C8H16N2O/c1-10(8-5-11-6-8)7-2-3-9-4-7/h7-9H,2-6H2,1H3/t7-/m0/s1. The molecule has 0 aromatic heterocycles. The first-order valence-electron chi connectivity index (χ1n) is 4.38. The summed E-state index contributed by atoms with van der Waals surface area (Å²) in [5.74, 6) is 0. The average Bonchev–Trinajstić information content (AvgIpc) is 2.32. The second kappa shape index (κ2) is 3.09. The molecule has 3 heteroatoms. The normalized spacial score (nSPS) is 32.7. The van der Waals surface area contributed by atoms with Crippen molar-refractivity contribution in [3.05, 3.63) is 0 Å². The lowest BCUT2D eigenvalue weighted by Crippen LogP contribution is -2.51. The van der Waals surface area contributed by atoms with Crippen molar-refractivity contribution >= 4 is 0 Å². The van der Waals surface area contributed by atoms with Crippen LogP contribution < -0.4 is 5.32 Å². The van der Waals surface area contributed by atoms with Gasteiger partial charge in [0.15, 0.2) is 0 Å². The van der Waals surface area contributed by atoms with Crippen LogP contribution in [-0.2, 0) is 4.74 Å². The monoisotopic (exact) mass is 156 g/mol. The Labute approximate surface area is 67.7 Å². The van der Waals surface area contributed by atoms with Crippen LogP contribution in [0.1, 0.15) is 6.42 Å². The molecule has 0 aliphatic carbocycles. The van der Waals surface area contributed by atoms with E-state index in [1.54, 1.807) is 0 Å². The largest absolute Gasteiger partial charge is 0.378 e. The molecule has 0 amide bonds.